The van der Waals surface area contributed by atoms with Crippen molar-refractivity contribution in [2.45, 2.75) is 69.8 Å². The van der Waals surface area contributed by atoms with Crippen LogP contribution >= 0.6 is 11.3 Å². The van der Waals surface area contributed by atoms with E-state index >= 15 is 0 Å². The molecule has 182 valence electrons. The van der Waals surface area contributed by atoms with Crippen LogP contribution in [0.2, 0.25) is 18.1 Å². The van der Waals surface area contributed by atoms with Crippen molar-refractivity contribution in [1.29, 1.82) is 5.26 Å². The molecule has 1 N–H and O–H groups in total. The van der Waals surface area contributed by atoms with Gasteiger partial charge in [-0.1, -0.05) is 32.9 Å². The topological polar surface area (TPSA) is 48.3 Å². The van der Waals surface area contributed by atoms with Crippen LogP contribution < -0.4 is 5.32 Å². The molecule has 0 amide bonds. The highest BCUT2D eigenvalue weighted by Crippen LogP contribution is 2.49. The van der Waals surface area contributed by atoms with E-state index in [4.69, 9.17) is 4.43 Å². The van der Waals surface area contributed by atoms with Gasteiger partial charge in [-0.25, -0.2) is 4.39 Å². The predicted octanol–water partition coefficient (Wildman–Crippen LogP) is 6.85. The summed E-state index contributed by atoms with van der Waals surface area (Å²) in [5.41, 5.74) is 0.407. The molecule has 2 aromatic rings. The molecular weight excluding hydrogens is 470 g/mol. The van der Waals surface area contributed by atoms with E-state index in [2.05, 4.69) is 5.32 Å². The second kappa shape index (κ2) is 9.17. The Bertz CT molecular complexity index is 1040. The lowest BCUT2D eigenvalue weighted by Gasteiger charge is -2.39. The van der Waals surface area contributed by atoms with Gasteiger partial charge in [0.05, 0.1) is 16.4 Å². The maximum Gasteiger partial charge on any atom is 0.417 e. The molecule has 1 aromatic carbocycles. The first kappa shape index (κ1) is 25.9. The van der Waals surface area contributed by atoms with E-state index in [-0.39, 0.29) is 10.4 Å². The largest absolute Gasteiger partial charge is 0.417 e. The number of benzene rings is 1. The van der Waals surface area contributed by atoms with Crippen molar-refractivity contribution in [1.82, 2.24) is 4.90 Å². The first-order valence-electron chi connectivity index (χ1n) is 10.9. The first-order valence-corrected chi connectivity index (χ1v) is 14.7. The van der Waals surface area contributed by atoms with Gasteiger partial charge in [0.2, 0.25) is 0 Å². The zero-order valence-corrected chi connectivity index (χ0v) is 21.6. The molecule has 10 heteroatoms. The minimum absolute atomic E-state index is 0.0274. The van der Waals surface area contributed by atoms with Crippen molar-refractivity contribution in [3.05, 3.63) is 28.6 Å². The summed E-state index contributed by atoms with van der Waals surface area (Å²) in [5, 5.41) is 12.8. The molecular formula is C23H31F4N3OSSi. The van der Waals surface area contributed by atoms with E-state index in [1.807, 2.05) is 38.8 Å². The summed E-state index contributed by atoms with van der Waals surface area (Å²) in [6.07, 6.45) is -7.40. The van der Waals surface area contributed by atoms with Gasteiger partial charge in [-0.2, -0.15) is 18.4 Å². The fourth-order valence-electron chi connectivity index (χ4n) is 3.78. The number of hydrogen-bond acceptors (Lipinski definition) is 5. The maximum atomic E-state index is 14.6. The van der Waals surface area contributed by atoms with E-state index in [0.717, 1.165) is 17.9 Å². The average Bonchev–Trinajstić information content (AvgIpc) is 3.05. The van der Waals surface area contributed by atoms with Crippen LogP contribution in [-0.4, -0.2) is 51.7 Å². The van der Waals surface area contributed by atoms with Gasteiger partial charge < -0.3 is 14.6 Å². The molecule has 1 fully saturated rings. The van der Waals surface area contributed by atoms with Crippen LogP contribution in [0.5, 0.6) is 0 Å². The molecule has 3 rings (SSSR count). The number of nitrogens with zero attached hydrogens (tertiary/aromatic N) is 2. The Hall–Kier alpha value is -1.67. The summed E-state index contributed by atoms with van der Waals surface area (Å²) in [5.74, 6) is 0. The van der Waals surface area contributed by atoms with Gasteiger partial charge in [0.25, 0.3) is 0 Å². The maximum absolute atomic E-state index is 14.6. The Balaban J connectivity index is 2.09. The first-order chi connectivity index (χ1) is 15.2. The molecule has 1 aliphatic heterocycles. The Morgan fingerprint density at radius 2 is 1.94 bits per heavy atom. The number of anilines is 1. The van der Waals surface area contributed by atoms with Gasteiger partial charge >= 0.3 is 6.18 Å². The normalized spacial score (nSPS) is 21.7. The Labute approximate surface area is 197 Å². The number of thiophene rings is 1. The van der Waals surface area contributed by atoms with E-state index in [1.54, 1.807) is 31.3 Å². The van der Waals surface area contributed by atoms with Gasteiger partial charge in [-0.15, -0.1) is 11.3 Å². The number of likely N-dealkylation sites (tertiary alicyclic amines) is 1. The van der Waals surface area contributed by atoms with Crippen LogP contribution in [0.1, 0.15) is 43.7 Å². The number of piperidine rings is 1. The Kier molecular flexibility index (Phi) is 7.21. The summed E-state index contributed by atoms with van der Waals surface area (Å²) < 4.78 is 64.0. The predicted molar refractivity (Wildman–Crippen MR) is 128 cm³/mol. The number of fused-ring (bicyclic) bond motifs is 1. The van der Waals surface area contributed by atoms with Crippen LogP contribution in [0.4, 0.5) is 23.2 Å². The quantitative estimate of drug-likeness (QED) is 0.359. The molecule has 0 spiro atoms. The monoisotopic (exact) mass is 501 g/mol. The number of alkyl halides is 4. The zero-order valence-electron chi connectivity index (χ0n) is 19.8. The average molecular weight is 502 g/mol. The third-order valence-corrected chi connectivity index (χ3v) is 12.3. The second-order valence-corrected chi connectivity index (χ2v) is 16.0. The highest BCUT2D eigenvalue weighted by Gasteiger charge is 2.50. The molecule has 33 heavy (non-hydrogen) atoms. The molecule has 1 aromatic heterocycles. The molecule has 1 aliphatic rings. The summed E-state index contributed by atoms with van der Waals surface area (Å²) in [7, 11) is -0.961. The molecule has 0 aliphatic carbocycles. The van der Waals surface area contributed by atoms with Crippen molar-refractivity contribution in [2.75, 3.05) is 25.5 Å². The molecule has 3 atom stereocenters. The summed E-state index contributed by atoms with van der Waals surface area (Å²) in [4.78, 5) is 1.88. The third-order valence-electron chi connectivity index (χ3n) is 6.72. The van der Waals surface area contributed by atoms with E-state index in [0.29, 0.717) is 28.7 Å². The third kappa shape index (κ3) is 5.37. The van der Waals surface area contributed by atoms with Gasteiger partial charge in [0.15, 0.2) is 14.4 Å². The Morgan fingerprint density at radius 1 is 1.27 bits per heavy atom. The lowest BCUT2D eigenvalue weighted by Crippen LogP contribution is -2.46. The van der Waals surface area contributed by atoms with Crippen molar-refractivity contribution < 1.29 is 22.0 Å². The van der Waals surface area contributed by atoms with Crippen LogP contribution in [-0.2, 0) is 4.43 Å². The number of nitrogens with one attached hydrogen (secondary N) is 1. The fraction of sp³-hybridized carbons (Fsp3) is 0.609. The molecule has 1 saturated heterocycles. The zero-order chi connectivity index (χ0) is 24.8. The smallest absolute Gasteiger partial charge is 0.402 e. The minimum Gasteiger partial charge on any atom is -0.402 e. The van der Waals surface area contributed by atoms with Crippen molar-refractivity contribution >= 4 is 35.4 Å². The van der Waals surface area contributed by atoms with Crippen LogP contribution in [0.3, 0.4) is 0 Å². The molecule has 2 heterocycles. The standard InChI is InChI=1S/C23H31F4N3OSSi/c1-22(2,3)33(5,6)31-21(23(25,26)27)19-14-8-7-9-17(20(14)32-18(19)12-28)29-16-10-11-30(4)13-15(16)24/h7-9,15-16,21,29H,10-11,13H2,1-6H3/t15-,16+,21?/m0/s1. The molecule has 1 unspecified atom stereocenters. The molecule has 0 bridgehead atoms. The van der Waals surface area contributed by atoms with Crippen molar-refractivity contribution in [3.63, 3.8) is 0 Å². The van der Waals surface area contributed by atoms with Crippen LogP contribution in [0.15, 0.2) is 18.2 Å². The summed E-state index contributed by atoms with van der Waals surface area (Å²) in [6.45, 7) is 10.2. The summed E-state index contributed by atoms with van der Waals surface area (Å²) in [6, 6.07) is 6.47. The molecule has 0 saturated carbocycles. The van der Waals surface area contributed by atoms with Gasteiger partial charge in [0.1, 0.15) is 17.1 Å². The van der Waals surface area contributed by atoms with E-state index < -0.39 is 37.8 Å². The summed E-state index contributed by atoms with van der Waals surface area (Å²) >= 11 is 0.998. The number of nitriles is 1. The Morgan fingerprint density at radius 3 is 2.48 bits per heavy atom. The number of hydrogen-bond donors (Lipinski definition) is 1. The second-order valence-electron chi connectivity index (χ2n) is 10.3. The van der Waals surface area contributed by atoms with Gasteiger partial charge in [0, 0.05) is 24.0 Å². The van der Waals surface area contributed by atoms with Crippen LogP contribution in [0.25, 0.3) is 10.1 Å². The van der Waals surface area contributed by atoms with Gasteiger partial charge in [-0.3, -0.25) is 0 Å². The number of rotatable bonds is 5. The highest BCUT2D eigenvalue weighted by atomic mass is 32.1. The van der Waals surface area contributed by atoms with Gasteiger partial charge in [-0.05, 0) is 37.7 Å². The molecule has 4 nitrogen and oxygen atoms in total. The minimum atomic E-state index is -4.68. The lowest BCUT2D eigenvalue weighted by molar-refractivity contribution is -0.201. The lowest BCUT2D eigenvalue weighted by atomic mass is 10.0. The fourth-order valence-corrected chi connectivity index (χ4v) is 6.07. The highest BCUT2D eigenvalue weighted by molar-refractivity contribution is 7.20. The van der Waals surface area contributed by atoms with E-state index in [1.165, 1.54) is 0 Å². The van der Waals surface area contributed by atoms with Crippen molar-refractivity contribution in [2.24, 2.45) is 0 Å². The van der Waals surface area contributed by atoms with Crippen LogP contribution in [0, 0.1) is 11.3 Å². The number of halogens is 4. The SMILES string of the molecule is CN1CC[C@@H](Nc2cccc3c(C(O[Si](C)(C)C(C)(C)C)C(F)(F)F)c(C#N)sc23)[C@@H](F)C1. The molecule has 0 radical (unpaired) electrons. The van der Waals surface area contributed by atoms with E-state index in [9.17, 15) is 22.8 Å². The van der Waals surface area contributed by atoms with Crippen molar-refractivity contribution in [3.8, 4) is 6.07 Å².